The Morgan fingerprint density at radius 3 is 1.89 bits per heavy atom. The van der Waals surface area contributed by atoms with Crippen molar-refractivity contribution in [2.45, 2.75) is 57.2 Å². The van der Waals surface area contributed by atoms with E-state index in [0.29, 0.717) is 23.3 Å². The number of nitrogens with one attached hydrogen (secondary N) is 1. The van der Waals surface area contributed by atoms with Crippen LogP contribution in [0.4, 0.5) is 0 Å². The standard InChI is InChI=1S/C30H34ClNO2Si/c1-30(2,3)35(24-10-6-4-7-11-24,25-12-8-5-9-13-25)34-23-19-26-27(20-23)29(26)32-28(33)18-21-14-16-22(31)17-15-21/h4-17,23,26-27,29H,18-20H2,1-3H3,(H,32,33)/t23?,26-,27+,29?. The number of hydrogen-bond acceptors (Lipinski definition) is 2. The molecular weight excluding hydrogens is 470 g/mol. The molecule has 0 heterocycles. The Labute approximate surface area is 215 Å². The topological polar surface area (TPSA) is 38.3 Å². The third kappa shape index (κ3) is 4.84. The van der Waals surface area contributed by atoms with Crippen molar-refractivity contribution < 1.29 is 9.22 Å². The maximum Gasteiger partial charge on any atom is 0.261 e. The summed E-state index contributed by atoms with van der Waals surface area (Å²) in [7, 11) is -2.53. The summed E-state index contributed by atoms with van der Waals surface area (Å²) in [5.41, 5.74) is 0.991. The molecule has 2 aliphatic carbocycles. The van der Waals surface area contributed by atoms with Crippen molar-refractivity contribution in [2.24, 2.45) is 11.8 Å². The average molecular weight is 504 g/mol. The van der Waals surface area contributed by atoms with Gasteiger partial charge in [0.25, 0.3) is 8.32 Å². The molecule has 1 amide bonds. The van der Waals surface area contributed by atoms with E-state index in [-0.39, 0.29) is 23.1 Å². The zero-order valence-electron chi connectivity index (χ0n) is 20.7. The molecule has 0 aliphatic heterocycles. The largest absolute Gasteiger partial charge is 0.404 e. The summed E-state index contributed by atoms with van der Waals surface area (Å²) >= 11 is 5.96. The van der Waals surface area contributed by atoms with Crippen LogP contribution in [0.25, 0.3) is 0 Å². The number of carbonyl (C=O) groups is 1. The number of amides is 1. The van der Waals surface area contributed by atoms with Crippen LogP contribution in [0.5, 0.6) is 0 Å². The van der Waals surface area contributed by atoms with Crippen molar-refractivity contribution in [3.8, 4) is 0 Å². The molecule has 0 bridgehead atoms. The minimum atomic E-state index is -2.53. The summed E-state index contributed by atoms with van der Waals surface area (Å²) in [5.74, 6) is 1.14. The highest BCUT2D eigenvalue weighted by atomic mass is 35.5. The van der Waals surface area contributed by atoms with Gasteiger partial charge in [0.1, 0.15) is 0 Å². The van der Waals surface area contributed by atoms with Gasteiger partial charge in [-0.15, -0.1) is 0 Å². The second-order valence-corrected chi connectivity index (χ2v) is 15.8. The van der Waals surface area contributed by atoms with Crippen LogP contribution in [0.2, 0.25) is 10.1 Å². The van der Waals surface area contributed by atoms with Gasteiger partial charge in [-0.05, 0) is 57.8 Å². The van der Waals surface area contributed by atoms with Crippen molar-refractivity contribution in [1.82, 2.24) is 5.32 Å². The molecule has 0 saturated heterocycles. The Balaban J connectivity index is 1.29. The van der Waals surface area contributed by atoms with E-state index in [1.165, 1.54) is 10.4 Å². The lowest BCUT2D eigenvalue weighted by Crippen LogP contribution is -2.67. The van der Waals surface area contributed by atoms with Gasteiger partial charge in [0, 0.05) is 17.2 Å². The summed E-state index contributed by atoms with van der Waals surface area (Å²) in [4.78, 5) is 12.6. The van der Waals surface area contributed by atoms with Crippen molar-refractivity contribution in [3.05, 3.63) is 95.5 Å². The van der Waals surface area contributed by atoms with E-state index < -0.39 is 8.32 Å². The van der Waals surface area contributed by atoms with E-state index in [9.17, 15) is 4.79 Å². The van der Waals surface area contributed by atoms with Gasteiger partial charge in [0.15, 0.2) is 0 Å². The monoisotopic (exact) mass is 503 g/mol. The SMILES string of the molecule is CC(C)(C)[Si](OC1C[C@@H]2C(NC(=O)Cc3ccc(Cl)cc3)[C@@H]2C1)(c1ccccc1)c1ccccc1. The van der Waals surface area contributed by atoms with Gasteiger partial charge in [0.2, 0.25) is 5.91 Å². The van der Waals surface area contributed by atoms with Crippen LogP contribution in [0.15, 0.2) is 84.9 Å². The maximum atomic E-state index is 12.6. The van der Waals surface area contributed by atoms with Gasteiger partial charge in [0.05, 0.1) is 6.42 Å². The van der Waals surface area contributed by atoms with Gasteiger partial charge in [-0.1, -0.05) is 105 Å². The molecule has 3 nitrogen and oxygen atoms in total. The molecule has 2 fully saturated rings. The zero-order chi connectivity index (χ0) is 24.6. The first-order valence-electron chi connectivity index (χ1n) is 12.6. The summed E-state index contributed by atoms with van der Waals surface area (Å²) < 4.78 is 7.31. The fraction of sp³-hybridized carbons (Fsp3) is 0.367. The van der Waals surface area contributed by atoms with Crippen LogP contribution in [-0.4, -0.2) is 26.4 Å². The molecule has 2 aliphatic rings. The average Bonchev–Trinajstić information content (AvgIpc) is 3.27. The number of fused-ring (bicyclic) bond motifs is 1. The van der Waals surface area contributed by atoms with Crippen molar-refractivity contribution in [2.75, 3.05) is 0 Å². The molecule has 5 heteroatoms. The second kappa shape index (κ2) is 9.57. The van der Waals surface area contributed by atoms with Crippen molar-refractivity contribution >= 4 is 36.2 Å². The van der Waals surface area contributed by atoms with Crippen LogP contribution in [0, 0.1) is 11.8 Å². The Hall–Kier alpha value is -2.40. The molecule has 35 heavy (non-hydrogen) atoms. The van der Waals surface area contributed by atoms with E-state index in [1.54, 1.807) is 0 Å². The molecule has 1 N–H and O–H groups in total. The van der Waals surface area contributed by atoms with Gasteiger partial charge in [-0.2, -0.15) is 0 Å². The number of carbonyl (C=O) groups excluding carboxylic acids is 1. The van der Waals surface area contributed by atoms with Crippen LogP contribution in [-0.2, 0) is 15.6 Å². The predicted octanol–water partition coefficient (Wildman–Crippen LogP) is 5.35. The molecule has 3 aromatic carbocycles. The normalized spacial score (nSPS) is 23.5. The quantitative estimate of drug-likeness (QED) is 0.441. The third-order valence-corrected chi connectivity index (χ3v) is 13.1. The predicted molar refractivity (Wildman–Crippen MR) is 146 cm³/mol. The van der Waals surface area contributed by atoms with Crippen LogP contribution in [0.1, 0.15) is 39.2 Å². The Morgan fingerprint density at radius 1 is 0.886 bits per heavy atom. The molecule has 2 unspecified atom stereocenters. The first-order valence-corrected chi connectivity index (χ1v) is 14.9. The molecule has 4 atom stereocenters. The fourth-order valence-electron chi connectivity index (χ4n) is 6.07. The Kier molecular flexibility index (Phi) is 6.64. The van der Waals surface area contributed by atoms with E-state index in [4.69, 9.17) is 16.0 Å². The molecule has 0 radical (unpaired) electrons. The molecular formula is C30H34ClNO2Si. The third-order valence-electron chi connectivity index (χ3n) is 7.77. The van der Waals surface area contributed by atoms with E-state index in [2.05, 4.69) is 86.8 Å². The lowest BCUT2D eigenvalue weighted by atomic mass is 10.1. The summed E-state index contributed by atoms with van der Waals surface area (Å²) in [6.45, 7) is 6.98. The molecule has 5 rings (SSSR count). The fourth-order valence-corrected chi connectivity index (χ4v) is 10.9. The minimum absolute atomic E-state index is 0.0192. The summed E-state index contributed by atoms with van der Waals surface area (Å²) in [6, 6.07) is 29.5. The van der Waals surface area contributed by atoms with Gasteiger partial charge < -0.3 is 9.74 Å². The lowest BCUT2D eigenvalue weighted by molar-refractivity contribution is -0.120. The highest BCUT2D eigenvalue weighted by molar-refractivity contribution is 6.99. The van der Waals surface area contributed by atoms with Crippen LogP contribution in [0.3, 0.4) is 0 Å². The summed E-state index contributed by atoms with van der Waals surface area (Å²) in [6.07, 6.45) is 2.65. The number of benzene rings is 3. The van der Waals surface area contributed by atoms with E-state index in [1.807, 2.05) is 24.3 Å². The number of rotatable bonds is 7. The Morgan fingerprint density at radius 2 is 1.40 bits per heavy atom. The highest BCUT2D eigenvalue weighted by Gasteiger charge is 2.60. The zero-order valence-corrected chi connectivity index (χ0v) is 22.5. The summed E-state index contributed by atoms with van der Waals surface area (Å²) in [5, 5.41) is 6.61. The molecule has 3 aromatic rings. The molecule has 0 aromatic heterocycles. The van der Waals surface area contributed by atoms with Crippen LogP contribution >= 0.6 is 11.6 Å². The number of hydrogen-bond donors (Lipinski definition) is 1. The first-order chi connectivity index (χ1) is 16.8. The second-order valence-electron chi connectivity index (χ2n) is 11.1. The first kappa shape index (κ1) is 24.3. The lowest BCUT2D eigenvalue weighted by Gasteiger charge is -2.45. The van der Waals surface area contributed by atoms with Gasteiger partial charge >= 0.3 is 0 Å². The molecule has 2 saturated carbocycles. The van der Waals surface area contributed by atoms with E-state index >= 15 is 0 Å². The van der Waals surface area contributed by atoms with Gasteiger partial charge in [-0.3, -0.25) is 4.79 Å². The smallest absolute Gasteiger partial charge is 0.261 e. The van der Waals surface area contributed by atoms with Gasteiger partial charge in [-0.25, -0.2) is 0 Å². The Bertz CT molecular complexity index is 1110. The van der Waals surface area contributed by atoms with Crippen LogP contribution < -0.4 is 15.7 Å². The number of halogens is 1. The minimum Gasteiger partial charge on any atom is -0.404 e. The highest BCUT2D eigenvalue weighted by Crippen LogP contribution is 2.54. The van der Waals surface area contributed by atoms with E-state index in [0.717, 1.165) is 18.4 Å². The van der Waals surface area contributed by atoms with Crippen molar-refractivity contribution in [3.63, 3.8) is 0 Å². The van der Waals surface area contributed by atoms with Crippen molar-refractivity contribution in [1.29, 1.82) is 0 Å². The molecule has 182 valence electrons. The maximum absolute atomic E-state index is 12.6. The molecule has 0 spiro atoms.